The lowest BCUT2D eigenvalue weighted by molar-refractivity contribution is -0.132. The molecule has 0 aliphatic carbocycles. The molecule has 0 spiro atoms. The van der Waals surface area contributed by atoms with E-state index in [1.807, 2.05) is 6.07 Å². The number of carbonyl (C=O) groups is 2. The normalized spacial score (nSPS) is 17.4. The Hall–Kier alpha value is -4.77. The minimum absolute atomic E-state index is 0.0842. The Bertz CT molecular complexity index is 1780. The van der Waals surface area contributed by atoms with Crippen molar-refractivity contribution in [2.24, 2.45) is 5.92 Å². The number of aliphatic hydroxyl groups excluding tert-OH is 1. The maximum Gasteiger partial charge on any atom is 0.301 e. The molecule has 4 aromatic rings. The number of amides is 1. The van der Waals surface area contributed by atoms with Gasteiger partial charge in [0.15, 0.2) is 28.1 Å². The lowest BCUT2D eigenvalue weighted by Crippen LogP contribution is -2.29. The van der Waals surface area contributed by atoms with Crippen LogP contribution >= 0.6 is 11.3 Å². The molecule has 1 atom stereocenters. The molecule has 0 unspecified atom stereocenters. The Morgan fingerprint density at radius 1 is 1.00 bits per heavy atom. The molecule has 11 heteroatoms. The third-order valence-electron chi connectivity index (χ3n) is 7.51. The first-order valence-corrected chi connectivity index (χ1v) is 15.1. The van der Waals surface area contributed by atoms with Crippen molar-refractivity contribution in [1.29, 1.82) is 0 Å². The first kappa shape index (κ1) is 29.3. The van der Waals surface area contributed by atoms with Gasteiger partial charge in [0.05, 0.1) is 42.7 Å². The molecule has 3 heterocycles. The molecule has 0 saturated carbocycles. The molecule has 10 nitrogen and oxygen atoms in total. The van der Waals surface area contributed by atoms with Gasteiger partial charge in [-0.05, 0) is 66.4 Å². The highest BCUT2D eigenvalue weighted by atomic mass is 32.1. The second-order valence-corrected chi connectivity index (χ2v) is 11.8. The van der Waals surface area contributed by atoms with Crippen LogP contribution in [0.3, 0.4) is 0 Å². The number of fused-ring (bicyclic) bond motifs is 2. The second kappa shape index (κ2) is 12.1. The molecule has 1 fully saturated rings. The zero-order valence-corrected chi connectivity index (χ0v) is 25.6. The summed E-state index contributed by atoms with van der Waals surface area (Å²) in [5.74, 6) is 1.07. The number of nitrogens with zero attached hydrogens (tertiary/aromatic N) is 2. The Labute approximate surface area is 258 Å². The van der Waals surface area contributed by atoms with Crippen LogP contribution in [0.15, 0.2) is 60.2 Å². The van der Waals surface area contributed by atoms with E-state index in [-0.39, 0.29) is 11.3 Å². The number of rotatable bonds is 9. The van der Waals surface area contributed by atoms with Crippen LogP contribution in [0.2, 0.25) is 0 Å². The fraction of sp³-hybridized carbons (Fsp3) is 0.303. The standard InChI is InChI=1S/C33H32N2O8S/c1-18(2)11-12-41-23-9-5-19(15-25(23)40-4)29-28(30(36)20-6-10-24-26(16-20)43-14-13-42-24)31(37)32(38)35(29)33-34-22-8-7-21(39-3)17-27(22)44-33/h5-10,15-18,29,36H,11-14H2,1-4H3/b30-28+/t29-/m0/s1. The average Bonchev–Trinajstić information content (AvgIpc) is 3.57. The maximum atomic E-state index is 13.8. The number of hydrogen-bond acceptors (Lipinski definition) is 10. The first-order chi connectivity index (χ1) is 21.3. The van der Waals surface area contributed by atoms with Gasteiger partial charge >= 0.3 is 5.91 Å². The molecule has 228 valence electrons. The van der Waals surface area contributed by atoms with E-state index in [0.29, 0.717) is 76.3 Å². The summed E-state index contributed by atoms with van der Waals surface area (Å²) >= 11 is 1.25. The summed E-state index contributed by atoms with van der Waals surface area (Å²) in [6, 6.07) is 14.5. The largest absolute Gasteiger partial charge is 0.507 e. The molecule has 1 N–H and O–H groups in total. The van der Waals surface area contributed by atoms with Gasteiger partial charge in [0, 0.05) is 5.56 Å². The number of carbonyl (C=O) groups excluding carboxylic acids is 2. The predicted octanol–water partition coefficient (Wildman–Crippen LogP) is 6.14. The third-order valence-corrected chi connectivity index (χ3v) is 8.52. The van der Waals surface area contributed by atoms with Gasteiger partial charge in [0.1, 0.15) is 24.7 Å². The summed E-state index contributed by atoms with van der Waals surface area (Å²) in [5, 5.41) is 12.0. The topological polar surface area (TPSA) is 117 Å². The van der Waals surface area contributed by atoms with Gasteiger partial charge in [-0.3, -0.25) is 14.5 Å². The smallest absolute Gasteiger partial charge is 0.301 e. The number of ketones is 1. The molecule has 0 bridgehead atoms. The highest BCUT2D eigenvalue weighted by Gasteiger charge is 2.48. The van der Waals surface area contributed by atoms with Crippen LogP contribution in [-0.4, -0.2) is 55.8 Å². The fourth-order valence-corrected chi connectivity index (χ4v) is 6.21. The summed E-state index contributed by atoms with van der Waals surface area (Å²) in [7, 11) is 3.10. The van der Waals surface area contributed by atoms with Crippen molar-refractivity contribution in [3.8, 4) is 28.7 Å². The van der Waals surface area contributed by atoms with Gasteiger partial charge in [-0.2, -0.15) is 0 Å². The number of anilines is 1. The van der Waals surface area contributed by atoms with Crippen molar-refractivity contribution in [2.75, 3.05) is 38.9 Å². The summed E-state index contributed by atoms with van der Waals surface area (Å²) in [6.07, 6.45) is 0.864. The van der Waals surface area contributed by atoms with E-state index in [4.69, 9.17) is 28.7 Å². The van der Waals surface area contributed by atoms with Crippen molar-refractivity contribution in [3.63, 3.8) is 0 Å². The van der Waals surface area contributed by atoms with Crippen molar-refractivity contribution in [2.45, 2.75) is 26.3 Å². The Morgan fingerprint density at radius 3 is 2.55 bits per heavy atom. The van der Waals surface area contributed by atoms with Crippen LogP contribution in [0, 0.1) is 5.92 Å². The van der Waals surface area contributed by atoms with Crippen LogP contribution < -0.4 is 28.6 Å². The van der Waals surface area contributed by atoms with E-state index in [9.17, 15) is 14.7 Å². The van der Waals surface area contributed by atoms with E-state index in [1.165, 1.54) is 23.3 Å². The predicted molar refractivity (Wildman–Crippen MR) is 166 cm³/mol. The Morgan fingerprint density at radius 2 is 1.80 bits per heavy atom. The molecule has 1 saturated heterocycles. The van der Waals surface area contributed by atoms with Crippen molar-refractivity contribution < 1.29 is 38.4 Å². The Balaban J connectivity index is 1.49. The molecule has 1 amide bonds. The van der Waals surface area contributed by atoms with Gasteiger partial charge in [0.25, 0.3) is 5.78 Å². The zero-order valence-electron chi connectivity index (χ0n) is 24.8. The highest BCUT2D eigenvalue weighted by Crippen LogP contribution is 2.46. The minimum Gasteiger partial charge on any atom is -0.507 e. The van der Waals surface area contributed by atoms with Gasteiger partial charge in [0.2, 0.25) is 0 Å². The van der Waals surface area contributed by atoms with Crippen molar-refractivity contribution >= 4 is 44.1 Å². The third kappa shape index (κ3) is 5.39. The zero-order chi connectivity index (χ0) is 31.0. The quantitative estimate of drug-likeness (QED) is 0.135. The van der Waals surface area contributed by atoms with Gasteiger partial charge in [-0.1, -0.05) is 31.3 Å². The number of hydrogen-bond donors (Lipinski definition) is 1. The molecule has 2 aliphatic heterocycles. The lowest BCUT2D eigenvalue weighted by atomic mass is 9.95. The summed E-state index contributed by atoms with van der Waals surface area (Å²) in [5.41, 5.74) is 1.41. The number of aromatic nitrogens is 1. The molecular weight excluding hydrogens is 584 g/mol. The molecule has 6 rings (SSSR count). The van der Waals surface area contributed by atoms with Crippen molar-refractivity contribution in [1.82, 2.24) is 4.98 Å². The van der Waals surface area contributed by atoms with Gasteiger partial charge < -0.3 is 28.8 Å². The molecular formula is C33H32N2O8S. The highest BCUT2D eigenvalue weighted by molar-refractivity contribution is 7.22. The maximum absolute atomic E-state index is 13.8. The summed E-state index contributed by atoms with van der Waals surface area (Å²) in [4.78, 5) is 33.5. The van der Waals surface area contributed by atoms with Crippen LogP contribution in [0.5, 0.6) is 28.7 Å². The van der Waals surface area contributed by atoms with E-state index < -0.39 is 17.7 Å². The van der Waals surface area contributed by atoms with Gasteiger partial charge in [-0.25, -0.2) is 4.98 Å². The van der Waals surface area contributed by atoms with Crippen molar-refractivity contribution in [3.05, 3.63) is 71.3 Å². The number of aliphatic hydroxyl groups is 1. The first-order valence-electron chi connectivity index (χ1n) is 14.3. The SMILES string of the molecule is COc1ccc2nc(N3C(=O)C(=O)/C(=C(/O)c4ccc5c(c4)OCCO5)[C@@H]3c3ccc(OCCC(C)C)c(OC)c3)sc2c1. The summed E-state index contributed by atoms with van der Waals surface area (Å²) in [6.45, 7) is 5.51. The fourth-order valence-electron chi connectivity index (χ4n) is 5.19. The molecule has 2 aliphatic rings. The Kier molecular flexibility index (Phi) is 8.05. The number of thiazole rings is 1. The molecule has 1 aromatic heterocycles. The molecule has 0 radical (unpaired) electrons. The molecule has 44 heavy (non-hydrogen) atoms. The van der Waals surface area contributed by atoms with E-state index >= 15 is 0 Å². The van der Waals surface area contributed by atoms with E-state index in [0.717, 1.165) is 11.1 Å². The van der Waals surface area contributed by atoms with Crippen LogP contribution in [0.4, 0.5) is 5.13 Å². The van der Waals surface area contributed by atoms with Crippen LogP contribution in [-0.2, 0) is 9.59 Å². The van der Waals surface area contributed by atoms with Crippen LogP contribution in [0.1, 0.15) is 37.4 Å². The number of ether oxygens (including phenoxy) is 5. The average molecular weight is 617 g/mol. The van der Waals surface area contributed by atoms with Crippen LogP contribution in [0.25, 0.3) is 16.0 Å². The lowest BCUT2D eigenvalue weighted by Gasteiger charge is -2.24. The minimum atomic E-state index is -1.01. The number of benzene rings is 3. The molecule has 3 aromatic carbocycles. The second-order valence-electron chi connectivity index (χ2n) is 10.8. The summed E-state index contributed by atoms with van der Waals surface area (Å²) < 4.78 is 29.1. The van der Waals surface area contributed by atoms with E-state index in [2.05, 4.69) is 13.8 Å². The van der Waals surface area contributed by atoms with Gasteiger partial charge in [-0.15, -0.1) is 0 Å². The number of methoxy groups -OCH3 is 2. The van der Waals surface area contributed by atoms with E-state index in [1.54, 1.807) is 55.6 Å². The monoisotopic (exact) mass is 616 g/mol. The number of Topliss-reactive ketones (excluding diaryl/α,β-unsaturated/α-hetero) is 1.